The fourth-order valence-electron chi connectivity index (χ4n) is 3.33. The molecule has 170 valence electrons. The van der Waals surface area contributed by atoms with E-state index in [4.69, 9.17) is 50.8 Å². The first kappa shape index (κ1) is 26.5. The lowest BCUT2D eigenvalue weighted by Gasteiger charge is -2.21. The Kier molecular flexibility index (Phi) is 7.84. The van der Waals surface area contributed by atoms with Crippen LogP contribution in [0.2, 0.25) is 20.1 Å². The zero-order valence-corrected chi connectivity index (χ0v) is 27.0. The van der Waals surface area contributed by atoms with Crippen molar-refractivity contribution in [1.82, 2.24) is 0 Å². The summed E-state index contributed by atoms with van der Waals surface area (Å²) in [6, 6.07) is 3.22. The van der Waals surface area contributed by atoms with Crippen molar-refractivity contribution in [2.45, 2.75) is 0 Å². The highest BCUT2D eigenvalue weighted by molar-refractivity contribution is 14.1. The van der Waals surface area contributed by atoms with Crippen molar-refractivity contribution >= 4 is 154 Å². The molecule has 2 aromatic rings. The lowest BCUT2D eigenvalue weighted by atomic mass is 9.90. The highest BCUT2D eigenvalue weighted by Gasteiger charge is 2.32. The smallest absolute Gasteiger partial charge is 0.337 e. The van der Waals surface area contributed by atoms with Gasteiger partial charge in [-0.05, 0) is 102 Å². The number of rotatable bonds is 2. The van der Waals surface area contributed by atoms with E-state index in [1.807, 2.05) is 90.4 Å². The number of benzene rings is 3. The number of carboxylic acid groups (broad SMARTS) is 1. The molecule has 0 atom stereocenters. The number of hydrogen-bond donors (Lipinski definition) is 2. The third-order valence-electron chi connectivity index (χ3n) is 4.75. The molecule has 0 aromatic heterocycles. The second-order valence-electron chi connectivity index (χ2n) is 6.56. The Morgan fingerprint density at radius 1 is 0.848 bits per heavy atom. The quantitative estimate of drug-likeness (QED) is 0.0907. The first-order valence-corrected chi connectivity index (χ1v) is 14.3. The van der Waals surface area contributed by atoms with Gasteiger partial charge in [0.2, 0.25) is 5.43 Å². The highest BCUT2D eigenvalue weighted by atomic mass is 131. The summed E-state index contributed by atoms with van der Waals surface area (Å²) in [5.41, 5.74) is 0.423. The topological polar surface area (TPSA) is 87.7 Å². The molecule has 4 rings (SSSR count). The number of aromatic carboxylic acids is 1. The maximum atomic E-state index is 12.7. The van der Waals surface area contributed by atoms with E-state index in [0.29, 0.717) is 27.2 Å². The number of aromatic hydroxyl groups is 1. The van der Waals surface area contributed by atoms with Crippen LogP contribution in [0.3, 0.4) is 0 Å². The van der Waals surface area contributed by atoms with Gasteiger partial charge >= 0.3 is 5.97 Å². The summed E-state index contributed by atoms with van der Waals surface area (Å²) in [6.45, 7) is 0. The molecule has 33 heavy (non-hydrogen) atoms. The van der Waals surface area contributed by atoms with Crippen LogP contribution in [0.4, 0.5) is 0 Å². The Balaban J connectivity index is 2.43. The van der Waals surface area contributed by atoms with E-state index in [2.05, 4.69) is 0 Å². The van der Waals surface area contributed by atoms with Crippen molar-refractivity contribution in [3.8, 4) is 28.2 Å². The van der Waals surface area contributed by atoms with Gasteiger partial charge in [0.25, 0.3) is 0 Å². The van der Waals surface area contributed by atoms with Gasteiger partial charge in [-0.1, -0.05) is 46.4 Å². The van der Waals surface area contributed by atoms with Crippen molar-refractivity contribution < 1.29 is 19.4 Å². The number of hydrogen-bond acceptors (Lipinski definition) is 4. The third kappa shape index (κ3) is 4.23. The second-order valence-corrected chi connectivity index (χ2v) is 12.6. The van der Waals surface area contributed by atoms with Gasteiger partial charge in [0.1, 0.15) is 9.32 Å². The lowest BCUT2D eigenvalue weighted by molar-refractivity contribution is 0.0698. The van der Waals surface area contributed by atoms with E-state index in [9.17, 15) is 19.8 Å². The molecule has 0 unspecified atom stereocenters. The van der Waals surface area contributed by atoms with Gasteiger partial charge < -0.3 is 14.6 Å². The summed E-state index contributed by atoms with van der Waals surface area (Å²) >= 11 is 33.1. The maximum absolute atomic E-state index is 12.7. The van der Waals surface area contributed by atoms with Gasteiger partial charge in [0.15, 0.2) is 11.3 Å². The van der Waals surface area contributed by atoms with E-state index in [0.717, 1.165) is 0 Å². The highest BCUT2D eigenvalue weighted by Crippen LogP contribution is 2.52. The third-order valence-corrected chi connectivity index (χ3v) is 10.2. The largest absolute Gasteiger partial charge is 0.506 e. The first-order chi connectivity index (χ1) is 15.4. The second kappa shape index (κ2) is 9.74. The molecule has 5 nitrogen and oxygen atoms in total. The van der Waals surface area contributed by atoms with Crippen LogP contribution in [-0.4, -0.2) is 16.2 Å². The Labute approximate surface area is 260 Å². The summed E-state index contributed by atoms with van der Waals surface area (Å²) in [4.78, 5) is 25.0. The molecule has 0 bridgehead atoms. The van der Waals surface area contributed by atoms with E-state index in [-0.39, 0.29) is 57.3 Å². The average molecular weight is 990 g/mol. The monoisotopic (exact) mass is 988 g/mol. The molecule has 0 fully saturated rings. The summed E-state index contributed by atoms with van der Waals surface area (Å²) < 4.78 is 7.64. The molecule has 1 heterocycles. The molecule has 0 spiro atoms. The van der Waals surface area contributed by atoms with Gasteiger partial charge in [-0.15, -0.1) is 0 Å². The van der Waals surface area contributed by atoms with Gasteiger partial charge in [-0.2, -0.15) is 0 Å². The molecule has 2 N–H and O–H groups in total. The minimum atomic E-state index is -1.37. The Morgan fingerprint density at radius 3 is 2.06 bits per heavy atom. The average Bonchev–Trinajstić information content (AvgIpc) is 2.76. The van der Waals surface area contributed by atoms with Crippen LogP contribution >= 0.6 is 137 Å². The van der Waals surface area contributed by atoms with E-state index in [1.165, 1.54) is 0 Å². The standard InChI is InChI=1S/C20H4Cl4I4O5/c21-10-8(9(20(31)32)11(22)13(24)12(10)23)7-3-1-5(25)16(29)14(27)18(3)33-19-4(7)2-6(26)17(30)15(19)28/h1-2,29H,(H,31,32)/i25+4,26+4,27+4,28+4. The van der Waals surface area contributed by atoms with Crippen molar-refractivity contribution in [2.24, 2.45) is 0 Å². The maximum Gasteiger partial charge on any atom is 0.337 e. The Bertz CT molecular complexity index is 1570. The molecule has 1 aliphatic heterocycles. The molecule has 13 heteroatoms. The lowest BCUT2D eigenvalue weighted by Crippen LogP contribution is -2.13. The van der Waals surface area contributed by atoms with Crippen LogP contribution < -0.4 is 5.43 Å². The number of halogens is 8. The molecule has 0 radical (unpaired) electrons. The first-order valence-electron chi connectivity index (χ1n) is 8.43. The van der Waals surface area contributed by atoms with Crippen molar-refractivity contribution in [2.75, 3.05) is 0 Å². The molecule has 0 saturated carbocycles. The minimum absolute atomic E-state index is 0.0163. The van der Waals surface area contributed by atoms with Crippen molar-refractivity contribution in [3.05, 3.63) is 62.3 Å². The Hall–Kier alpha value is 0.480. The molecule has 2 aromatic carbocycles. The molecule has 1 aliphatic carbocycles. The summed E-state index contributed by atoms with van der Waals surface area (Å²) in [5, 5.41) is 20.3. The van der Waals surface area contributed by atoms with Gasteiger partial charge in [-0.25, -0.2) is 4.79 Å². The predicted molar refractivity (Wildman–Crippen MR) is 164 cm³/mol. The molecule has 0 saturated heterocycles. The SMILES string of the molecule is O=C(O)c1c(Cl)c(Cl)c(Cl)c(Cl)c1-c1c2cc([131I])c(=O)c([131I])c-2oc2c([131I])c(O)c([131I])cc12. The van der Waals surface area contributed by atoms with E-state index >= 15 is 0 Å². The van der Waals surface area contributed by atoms with Crippen LogP contribution in [0.25, 0.3) is 33.4 Å². The number of fused-ring (bicyclic) bond motifs is 2. The Morgan fingerprint density at radius 2 is 1.45 bits per heavy atom. The molecular formula is C20H4Cl4I4O5. The fourth-order valence-corrected chi connectivity index (χ4v) is 7.93. The van der Waals surface area contributed by atoms with E-state index < -0.39 is 5.97 Å². The van der Waals surface area contributed by atoms with Gasteiger partial charge in [-0.3, -0.25) is 4.79 Å². The number of carboxylic acids is 1. The van der Waals surface area contributed by atoms with Gasteiger partial charge in [0.05, 0.1) is 36.4 Å². The van der Waals surface area contributed by atoms with Crippen molar-refractivity contribution in [1.29, 1.82) is 0 Å². The predicted octanol–water partition coefficient (Wildman–Crippen LogP) is 9.00. The molecule has 2 aliphatic rings. The molecule has 0 amide bonds. The van der Waals surface area contributed by atoms with Crippen LogP contribution in [0, 0.1) is 14.3 Å². The fraction of sp³-hybridized carbons (Fsp3) is 0. The van der Waals surface area contributed by atoms with Crippen molar-refractivity contribution in [3.63, 3.8) is 0 Å². The zero-order chi connectivity index (χ0) is 24.5. The van der Waals surface area contributed by atoms with E-state index in [1.54, 1.807) is 12.1 Å². The summed E-state index contributed by atoms with van der Waals surface area (Å²) in [7, 11) is 0. The van der Waals surface area contributed by atoms with Crippen LogP contribution in [0.5, 0.6) is 5.75 Å². The zero-order valence-electron chi connectivity index (χ0n) is 15.3. The van der Waals surface area contributed by atoms with Crippen LogP contribution in [0.1, 0.15) is 10.4 Å². The van der Waals surface area contributed by atoms with Gasteiger partial charge in [0, 0.05) is 22.1 Å². The summed E-state index contributed by atoms with van der Waals surface area (Å²) in [6.07, 6.45) is 0. The normalized spacial score (nSPS) is 11.5. The number of carbonyl (C=O) groups is 1. The molecular weight excluding hydrogens is 986 g/mol. The number of phenolic OH excluding ortho intramolecular Hbond substituents is 1. The minimum Gasteiger partial charge on any atom is -0.506 e. The number of phenols is 1. The summed E-state index contributed by atoms with van der Waals surface area (Å²) in [5.74, 6) is -1.18. The van der Waals surface area contributed by atoms with Crippen LogP contribution in [0.15, 0.2) is 21.3 Å². The van der Waals surface area contributed by atoms with Crippen LogP contribution in [-0.2, 0) is 0 Å².